The second-order valence-electron chi connectivity index (χ2n) is 49.3. The molecule has 13 heterocycles. The zero-order valence-electron chi connectivity index (χ0n) is 96.5. The number of imidazole rings is 2. The number of hydrogen-bond donors (Lipinski definition) is 4. The molecule has 20 heteroatoms. The van der Waals surface area contributed by atoms with Crippen LogP contribution >= 0.6 is 45.3 Å². The number of aromatic nitrogens is 10. The van der Waals surface area contributed by atoms with Gasteiger partial charge in [0.15, 0.2) is 12.8 Å². The minimum Gasteiger partial charge on any atom is -0.469 e. The molecule has 0 aromatic carbocycles. The summed E-state index contributed by atoms with van der Waals surface area (Å²) in [5.74, 6) is 28.4. The van der Waals surface area contributed by atoms with E-state index in [9.17, 15) is 0 Å². The summed E-state index contributed by atoms with van der Waals surface area (Å²) in [6.07, 6.45) is 45.5. The Kier molecular flexibility index (Phi) is 38.3. The molecule has 4 N–H and O–H groups in total. The van der Waals surface area contributed by atoms with Crippen molar-refractivity contribution in [2.24, 2.45) is 35.5 Å². The van der Waals surface area contributed by atoms with Gasteiger partial charge in [-0.15, -0.1) is 45.3 Å². The number of nitrogens with one attached hydrogen (secondary N) is 4. The molecule has 0 saturated carbocycles. The Hall–Kier alpha value is -9.08. The molecule has 12 aromatic heterocycles. The fourth-order valence-corrected chi connectivity index (χ4v) is 33.0. The van der Waals surface area contributed by atoms with E-state index < -0.39 is 0 Å². The van der Waals surface area contributed by atoms with Gasteiger partial charge in [-0.05, 0) is 307 Å². The normalized spacial score (nSPS) is 32.0. The molecule has 30 atom stereocenters. The lowest BCUT2D eigenvalue weighted by atomic mass is 10.0. The summed E-state index contributed by atoms with van der Waals surface area (Å²) in [5.41, 5.74) is 33.1. The Balaban J connectivity index is 0.000000114. The van der Waals surface area contributed by atoms with Crippen molar-refractivity contribution in [3.8, 4) is 0 Å². The van der Waals surface area contributed by atoms with Crippen molar-refractivity contribution in [1.82, 2.24) is 49.8 Å². The number of thiazole rings is 2. The first-order valence-corrected chi connectivity index (χ1v) is 61.5. The highest BCUT2D eigenvalue weighted by molar-refractivity contribution is 7.11. The van der Waals surface area contributed by atoms with Crippen LogP contribution in [-0.4, -0.2) is 56.6 Å². The van der Waals surface area contributed by atoms with Crippen LogP contribution in [0.1, 0.15) is 592 Å². The smallest absolute Gasteiger partial charge is 0.230 e. The molecule has 30 rings (SSSR count). The van der Waals surface area contributed by atoms with Gasteiger partial charge in [-0.3, -0.25) is 0 Å². The first kappa shape index (κ1) is 113. The third-order valence-corrected chi connectivity index (χ3v) is 40.9. The number of H-pyrrole nitrogens is 4. The van der Waals surface area contributed by atoms with Gasteiger partial charge in [-0.2, -0.15) is 0 Å². The van der Waals surface area contributed by atoms with Gasteiger partial charge < -0.3 is 47.1 Å². The third-order valence-electron chi connectivity index (χ3n) is 36.4. The van der Waals surface area contributed by atoms with Crippen molar-refractivity contribution in [3.63, 3.8) is 0 Å². The van der Waals surface area contributed by atoms with Crippen LogP contribution in [0.2, 0.25) is 0 Å². The lowest BCUT2D eigenvalue weighted by Gasteiger charge is -2.08. The first-order valence-electron chi connectivity index (χ1n) is 58.0. The molecule has 0 fully saturated rings. The van der Waals surface area contributed by atoms with Crippen molar-refractivity contribution >= 4 is 45.3 Å². The molecule has 17 aliphatic carbocycles. The van der Waals surface area contributed by atoms with Crippen molar-refractivity contribution in [3.05, 3.63) is 300 Å². The van der Waals surface area contributed by atoms with Crippen LogP contribution in [0.4, 0.5) is 0 Å². The van der Waals surface area contributed by atoms with E-state index in [2.05, 4.69) is 341 Å². The molecule has 0 radical (unpaired) electrons. The zero-order valence-corrected chi connectivity index (χ0v) is 99.8. The molecule has 30 unspecified atom stereocenters. The molecule has 150 heavy (non-hydrogen) atoms. The molecule has 0 bridgehead atoms. The highest BCUT2D eigenvalue weighted by atomic mass is 32.1. The fourth-order valence-electron chi connectivity index (χ4n) is 28.8. The van der Waals surface area contributed by atoms with E-state index in [-0.39, 0.29) is 0 Å². The first-order chi connectivity index (χ1) is 71.8. The Morgan fingerprint density at radius 3 is 0.913 bits per heavy atom. The van der Waals surface area contributed by atoms with Gasteiger partial charge in [0.05, 0.1) is 70.4 Å². The highest BCUT2D eigenvalue weighted by Gasteiger charge is 2.40. The summed E-state index contributed by atoms with van der Waals surface area (Å²) in [6, 6.07) is 13.2. The van der Waals surface area contributed by atoms with Crippen LogP contribution in [0.5, 0.6) is 0 Å². The molecule has 12 aromatic rings. The number of aromatic amines is 4. The van der Waals surface area contributed by atoms with Crippen LogP contribution in [0, 0.1) is 35.5 Å². The quantitative estimate of drug-likeness (QED) is 0.112. The Morgan fingerprint density at radius 1 is 0.240 bits per heavy atom. The van der Waals surface area contributed by atoms with Crippen LogP contribution in [0.3, 0.4) is 0 Å². The van der Waals surface area contributed by atoms with E-state index in [1.165, 1.54) is 210 Å². The number of fused-ring (bicyclic) bond motifs is 12. The van der Waals surface area contributed by atoms with Crippen LogP contribution in [0.25, 0.3) is 0 Å². The molecule has 18 aliphatic rings. The molecular formula is C130H182N10O6S4. The summed E-state index contributed by atoms with van der Waals surface area (Å²) in [5, 5.41) is 4.44. The van der Waals surface area contributed by atoms with Crippen LogP contribution < -0.4 is 0 Å². The predicted molar refractivity (Wildman–Crippen MR) is 624 cm³/mol. The maximum Gasteiger partial charge on any atom is 0.230 e. The van der Waals surface area contributed by atoms with E-state index in [4.69, 9.17) is 27.1 Å². The molecule has 1 aliphatic heterocycles. The lowest BCUT2D eigenvalue weighted by Crippen LogP contribution is -2.00. The molecular weight excluding hydrogens is 1930 g/mol. The number of ether oxygens (including phenoxy) is 2. The number of allylic oxidation sites excluding steroid dienone is 10. The average Bonchev–Trinajstić information content (AvgIpc) is 1.79. The van der Waals surface area contributed by atoms with E-state index >= 15 is 0 Å². The predicted octanol–water partition coefficient (Wildman–Crippen LogP) is 39.6. The van der Waals surface area contributed by atoms with E-state index in [1.54, 1.807) is 81.1 Å². The van der Waals surface area contributed by atoms with Crippen LogP contribution in [0.15, 0.2) is 184 Å². The highest BCUT2D eigenvalue weighted by Crippen LogP contribution is 2.53. The SMILES string of the molecule is CC1CC(C)C2=C1C=CC2.CC1CC(C)C2=C1C=CC2.CC1CC(C)C2=C1OCO2.CC1CC(C)c2[nH]ccc21.CC1CC(C)c2[nH]ccc21.CC1CC(C)c2[nH]cnc21.CC1CC(C)c2[nH]cnc21.CC1CC(C)c2occc21.CC1CC(C)c2occc21.CC1CC(C)c2ocnc21.CC1CC(C)c2ocnc21.CC1CC(C)c2sccc21.CC1CC(C)c2sccc21.CC1CC(C)c2scnc21.CC1CC(C)c2scnc21. The van der Waals surface area contributed by atoms with Crippen molar-refractivity contribution in [1.29, 1.82) is 0 Å². The summed E-state index contributed by atoms with van der Waals surface area (Å²) >= 11 is 7.47. The maximum atomic E-state index is 5.36. The monoisotopic (exact) mass is 2110 g/mol. The minimum absolute atomic E-state index is 0.444. The number of rotatable bonds is 0. The molecule has 0 amide bonds. The van der Waals surface area contributed by atoms with E-state index in [1.807, 2.05) is 56.4 Å². The van der Waals surface area contributed by atoms with Gasteiger partial charge in [0.2, 0.25) is 6.79 Å². The maximum absolute atomic E-state index is 5.36. The molecule has 16 nitrogen and oxygen atoms in total. The van der Waals surface area contributed by atoms with Gasteiger partial charge in [0, 0.05) is 126 Å². The van der Waals surface area contributed by atoms with Crippen molar-refractivity contribution < 1.29 is 27.1 Å². The number of furan rings is 2. The second kappa shape index (κ2) is 50.6. The standard InChI is InChI=1S/2C10H14.2C9H13N.2C9H12O.2C9H12S.2C8H12N2.2C8H11NO.2C8H11NS.C8H12O2/c2*1-7-6-8(2)10-5-3-4-9(7)10;6*1-6-5-7(2)9-8(6)3-4-10-9;7*1-5-3-6(2)8-7(5)9-4-10-8/h2*3-4,7-8H,5-6H2,1-2H3;2*3-4,6-7,10H,5H2,1-2H3;4*3-4,6-7H,5H2,1-2H3;2*4-6H,3H2,1-2H3,(H,9,10);4*4-6H,3H2,1-2H3;5-6H,3-4H2,1-2H3. The van der Waals surface area contributed by atoms with Gasteiger partial charge in [0.25, 0.3) is 0 Å². The lowest BCUT2D eigenvalue weighted by molar-refractivity contribution is 0.0458. The number of nitrogens with zero attached hydrogens (tertiary/aromatic N) is 6. The minimum atomic E-state index is 0.444. The summed E-state index contributed by atoms with van der Waals surface area (Å²) in [7, 11) is 0. The third kappa shape index (κ3) is 25.7. The Morgan fingerprint density at radius 2 is 0.553 bits per heavy atom. The largest absolute Gasteiger partial charge is 0.469 e. The van der Waals surface area contributed by atoms with Gasteiger partial charge in [-0.25, -0.2) is 29.9 Å². The Labute approximate surface area is 916 Å². The number of oxazole rings is 2. The van der Waals surface area contributed by atoms with Crippen LogP contribution in [-0.2, 0) is 9.47 Å². The number of hydrogen-bond acceptors (Lipinski definition) is 16. The zero-order chi connectivity index (χ0) is 107. The topological polar surface area (TPSA) is 212 Å². The van der Waals surface area contributed by atoms with Gasteiger partial charge in [-0.1, -0.05) is 243 Å². The van der Waals surface area contributed by atoms with Gasteiger partial charge >= 0.3 is 0 Å². The summed E-state index contributed by atoms with van der Waals surface area (Å²) < 4.78 is 31.8. The van der Waals surface area contributed by atoms with Gasteiger partial charge in [0.1, 0.15) is 34.6 Å². The summed E-state index contributed by atoms with van der Waals surface area (Å²) in [4.78, 5) is 44.8. The van der Waals surface area contributed by atoms with E-state index in [0.717, 1.165) is 106 Å². The molecule has 0 spiro atoms. The van der Waals surface area contributed by atoms with Crippen molar-refractivity contribution in [2.75, 3.05) is 6.79 Å². The van der Waals surface area contributed by atoms with E-state index in [0.29, 0.717) is 101 Å². The molecule has 0 saturated heterocycles. The fraction of sp³-hybridized carbons (Fsp3) is 0.600. The number of thiophene rings is 2. The molecule has 812 valence electrons. The average molecular weight is 2110 g/mol. The summed E-state index contributed by atoms with van der Waals surface area (Å²) in [6.45, 7) is 68.6. The Bertz CT molecular complexity index is 5010. The van der Waals surface area contributed by atoms with Crippen molar-refractivity contribution in [2.45, 2.75) is 459 Å². The second-order valence-corrected chi connectivity index (χ2v) is 53.0.